The normalized spacial score (nSPS) is 10.4. The van der Waals surface area contributed by atoms with Crippen molar-refractivity contribution in [2.75, 3.05) is 5.32 Å². The van der Waals surface area contributed by atoms with Gasteiger partial charge < -0.3 is 5.32 Å². The molecular formula is C16H14N2. The molecule has 1 heterocycles. The van der Waals surface area contributed by atoms with Crippen molar-refractivity contribution in [1.29, 1.82) is 0 Å². The maximum absolute atomic E-state index is 4.01. The van der Waals surface area contributed by atoms with Crippen LogP contribution in [-0.2, 0) is 6.54 Å². The molecule has 2 nitrogen and oxygen atoms in total. The van der Waals surface area contributed by atoms with Crippen LogP contribution in [-0.4, -0.2) is 4.98 Å². The molecule has 2 heteroatoms. The van der Waals surface area contributed by atoms with Crippen molar-refractivity contribution in [1.82, 2.24) is 4.98 Å². The quantitative estimate of drug-likeness (QED) is 0.744. The molecule has 0 aliphatic rings. The van der Waals surface area contributed by atoms with Gasteiger partial charge in [-0.3, -0.25) is 4.98 Å². The molecular weight excluding hydrogens is 220 g/mol. The highest BCUT2D eigenvalue weighted by atomic mass is 14.9. The molecule has 0 spiro atoms. The van der Waals surface area contributed by atoms with Crippen molar-refractivity contribution in [3.63, 3.8) is 0 Å². The van der Waals surface area contributed by atoms with Gasteiger partial charge in [0.05, 0.1) is 0 Å². The van der Waals surface area contributed by atoms with Gasteiger partial charge in [-0.25, -0.2) is 0 Å². The number of benzene rings is 2. The number of nitrogens with zero attached hydrogens (tertiary/aromatic N) is 1. The van der Waals surface area contributed by atoms with Crippen molar-refractivity contribution in [3.05, 3.63) is 72.6 Å². The number of aromatic nitrogens is 1. The zero-order valence-corrected chi connectivity index (χ0v) is 10.0. The lowest BCUT2D eigenvalue weighted by Crippen LogP contribution is -1.99. The largest absolute Gasteiger partial charge is 0.381 e. The molecule has 2 aromatic carbocycles. The van der Waals surface area contributed by atoms with Gasteiger partial charge in [-0.1, -0.05) is 42.5 Å². The Kier molecular flexibility index (Phi) is 2.92. The highest BCUT2D eigenvalue weighted by Gasteiger charge is 1.99. The van der Waals surface area contributed by atoms with Gasteiger partial charge >= 0.3 is 0 Å². The lowest BCUT2D eigenvalue weighted by atomic mass is 10.0. The number of anilines is 1. The van der Waals surface area contributed by atoms with Crippen molar-refractivity contribution in [2.45, 2.75) is 6.54 Å². The molecule has 1 aromatic heterocycles. The highest BCUT2D eigenvalue weighted by Crippen LogP contribution is 2.19. The summed E-state index contributed by atoms with van der Waals surface area (Å²) in [6.45, 7) is 0.825. The molecule has 3 rings (SSSR count). The van der Waals surface area contributed by atoms with Crippen LogP contribution in [0.5, 0.6) is 0 Å². The predicted molar refractivity (Wildman–Crippen MR) is 75.5 cm³/mol. The van der Waals surface area contributed by atoms with E-state index in [0.717, 1.165) is 12.2 Å². The Labute approximate surface area is 106 Å². The molecule has 0 aliphatic heterocycles. The van der Waals surface area contributed by atoms with Gasteiger partial charge in [0.25, 0.3) is 0 Å². The van der Waals surface area contributed by atoms with Crippen LogP contribution in [0.25, 0.3) is 10.8 Å². The number of hydrogen-bond donors (Lipinski definition) is 1. The zero-order chi connectivity index (χ0) is 12.2. The van der Waals surface area contributed by atoms with Crippen LogP contribution in [0.2, 0.25) is 0 Å². The molecule has 18 heavy (non-hydrogen) atoms. The first-order valence-electron chi connectivity index (χ1n) is 6.04. The lowest BCUT2D eigenvalue weighted by molar-refractivity contribution is 1.16. The molecule has 0 saturated heterocycles. The molecule has 1 N–H and O–H groups in total. The summed E-state index contributed by atoms with van der Waals surface area (Å²) in [6.07, 6.45) is 3.59. The van der Waals surface area contributed by atoms with E-state index in [1.54, 1.807) is 12.4 Å². The summed E-state index contributed by atoms with van der Waals surface area (Å²) in [6, 6.07) is 18.8. The predicted octanol–water partition coefficient (Wildman–Crippen LogP) is 3.85. The maximum Gasteiger partial charge on any atom is 0.0406 e. The smallest absolute Gasteiger partial charge is 0.0406 e. The lowest BCUT2D eigenvalue weighted by Gasteiger charge is -2.09. The molecule has 0 aliphatic carbocycles. The van der Waals surface area contributed by atoms with E-state index in [9.17, 15) is 0 Å². The van der Waals surface area contributed by atoms with Gasteiger partial charge in [-0.2, -0.15) is 0 Å². The Balaban J connectivity index is 1.87. The number of nitrogens with one attached hydrogen (secondary N) is 1. The summed E-state index contributed by atoms with van der Waals surface area (Å²) in [4.78, 5) is 4.01. The average molecular weight is 234 g/mol. The maximum atomic E-state index is 4.01. The minimum absolute atomic E-state index is 0.825. The number of pyridine rings is 1. The van der Waals surface area contributed by atoms with Crippen molar-refractivity contribution < 1.29 is 0 Å². The second-order valence-corrected chi connectivity index (χ2v) is 4.23. The summed E-state index contributed by atoms with van der Waals surface area (Å²) < 4.78 is 0. The van der Waals surface area contributed by atoms with Crippen LogP contribution < -0.4 is 5.32 Å². The Morgan fingerprint density at radius 1 is 0.833 bits per heavy atom. The molecule has 3 aromatic rings. The van der Waals surface area contributed by atoms with Gasteiger partial charge in [-0.15, -0.1) is 0 Å². The summed E-state index contributed by atoms with van der Waals surface area (Å²) in [5, 5.41) is 6.00. The average Bonchev–Trinajstić information content (AvgIpc) is 2.46. The molecule has 0 amide bonds. The first-order valence-corrected chi connectivity index (χ1v) is 6.04. The summed E-state index contributed by atoms with van der Waals surface area (Å²) >= 11 is 0. The van der Waals surface area contributed by atoms with Crippen LogP contribution in [0.4, 0.5) is 5.69 Å². The molecule has 0 bridgehead atoms. The fraction of sp³-hybridized carbons (Fsp3) is 0.0625. The van der Waals surface area contributed by atoms with E-state index in [1.165, 1.54) is 16.3 Å². The van der Waals surface area contributed by atoms with Gasteiger partial charge in [0.2, 0.25) is 0 Å². The van der Waals surface area contributed by atoms with Gasteiger partial charge in [0, 0.05) is 24.6 Å². The topological polar surface area (TPSA) is 24.9 Å². The van der Waals surface area contributed by atoms with E-state index >= 15 is 0 Å². The molecule has 0 unspecified atom stereocenters. The van der Waals surface area contributed by atoms with Crippen molar-refractivity contribution >= 4 is 16.5 Å². The Hall–Kier alpha value is -2.35. The van der Waals surface area contributed by atoms with E-state index in [0.29, 0.717) is 0 Å². The van der Waals surface area contributed by atoms with Crippen LogP contribution in [0.3, 0.4) is 0 Å². The van der Waals surface area contributed by atoms with E-state index in [-0.39, 0.29) is 0 Å². The number of rotatable bonds is 3. The number of fused-ring (bicyclic) bond motifs is 1. The molecule has 88 valence electrons. The zero-order valence-electron chi connectivity index (χ0n) is 10.0. The standard InChI is InChI=1S/C16H14N2/c1-2-7-16-13(4-1)5-3-6-14(16)12-18-15-8-10-17-11-9-15/h1-11H,12H2,(H,17,18). The first kappa shape index (κ1) is 10.8. The highest BCUT2D eigenvalue weighted by molar-refractivity contribution is 5.85. The second-order valence-electron chi connectivity index (χ2n) is 4.23. The first-order chi connectivity index (χ1) is 8.93. The fourth-order valence-electron chi connectivity index (χ4n) is 2.11. The third-order valence-corrected chi connectivity index (χ3v) is 3.04. The van der Waals surface area contributed by atoms with E-state index in [2.05, 4.69) is 52.8 Å². The summed E-state index contributed by atoms with van der Waals surface area (Å²) in [5.41, 5.74) is 2.41. The van der Waals surface area contributed by atoms with Crippen molar-refractivity contribution in [3.8, 4) is 0 Å². The van der Waals surface area contributed by atoms with Crippen LogP contribution >= 0.6 is 0 Å². The monoisotopic (exact) mass is 234 g/mol. The van der Waals surface area contributed by atoms with E-state index < -0.39 is 0 Å². The van der Waals surface area contributed by atoms with E-state index in [1.807, 2.05) is 12.1 Å². The minimum Gasteiger partial charge on any atom is -0.381 e. The third kappa shape index (κ3) is 2.18. The Morgan fingerprint density at radius 2 is 1.61 bits per heavy atom. The van der Waals surface area contributed by atoms with E-state index in [4.69, 9.17) is 0 Å². The van der Waals surface area contributed by atoms with Crippen LogP contribution in [0, 0.1) is 0 Å². The molecule has 0 radical (unpaired) electrons. The fourth-order valence-corrected chi connectivity index (χ4v) is 2.11. The van der Waals surface area contributed by atoms with Crippen LogP contribution in [0.1, 0.15) is 5.56 Å². The molecule has 0 atom stereocenters. The van der Waals surface area contributed by atoms with Crippen LogP contribution in [0.15, 0.2) is 67.0 Å². The second kappa shape index (κ2) is 4.88. The summed E-state index contributed by atoms with van der Waals surface area (Å²) in [5.74, 6) is 0. The van der Waals surface area contributed by atoms with Gasteiger partial charge in [0.1, 0.15) is 0 Å². The Morgan fingerprint density at radius 3 is 2.50 bits per heavy atom. The van der Waals surface area contributed by atoms with Gasteiger partial charge in [-0.05, 0) is 28.5 Å². The molecule has 0 fully saturated rings. The SMILES string of the molecule is c1ccc2c(CNc3ccncc3)cccc2c1. The van der Waals surface area contributed by atoms with Crippen molar-refractivity contribution in [2.24, 2.45) is 0 Å². The summed E-state index contributed by atoms with van der Waals surface area (Å²) in [7, 11) is 0. The minimum atomic E-state index is 0.825. The third-order valence-electron chi connectivity index (χ3n) is 3.04. The Bertz CT molecular complexity index is 642. The van der Waals surface area contributed by atoms with Gasteiger partial charge in [0.15, 0.2) is 0 Å². The number of hydrogen-bond acceptors (Lipinski definition) is 2. The molecule has 0 saturated carbocycles.